The summed E-state index contributed by atoms with van der Waals surface area (Å²) in [7, 11) is 0. The number of aryl methyl sites for hydroxylation is 1. The molecule has 1 aliphatic heterocycles. The fourth-order valence-corrected chi connectivity index (χ4v) is 5.37. The summed E-state index contributed by atoms with van der Waals surface area (Å²) in [5, 5.41) is 13.5. The lowest BCUT2D eigenvalue weighted by molar-refractivity contribution is 0.292. The summed E-state index contributed by atoms with van der Waals surface area (Å²) in [5.41, 5.74) is 5.29. The predicted molar refractivity (Wildman–Crippen MR) is 125 cm³/mol. The molecule has 3 unspecified atom stereocenters. The zero-order chi connectivity index (χ0) is 21.0. The normalized spacial score (nSPS) is 22.8. The zero-order valence-electron chi connectivity index (χ0n) is 18.0. The summed E-state index contributed by atoms with van der Waals surface area (Å²) in [6, 6.07) is 26.0. The third-order valence-electron chi connectivity index (χ3n) is 6.95. The van der Waals surface area contributed by atoms with Crippen molar-refractivity contribution >= 4 is 0 Å². The number of benzene rings is 3. The minimum absolute atomic E-state index is 0.281. The first-order valence-electron chi connectivity index (χ1n) is 11.6. The molecule has 1 fully saturated rings. The van der Waals surface area contributed by atoms with E-state index >= 15 is 0 Å². The summed E-state index contributed by atoms with van der Waals surface area (Å²) in [4.78, 5) is 0. The Hall–Kier alpha value is -2.78. The van der Waals surface area contributed by atoms with Gasteiger partial charge in [0.1, 0.15) is 11.5 Å². The van der Waals surface area contributed by atoms with Crippen LogP contribution >= 0.6 is 0 Å². The van der Waals surface area contributed by atoms with Crippen molar-refractivity contribution in [3.8, 4) is 11.5 Å². The molecule has 2 N–H and O–H groups in total. The molecule has 0 spiro atoms. The first kappa shape index (κ1) is 20.1. The minimum atomic E-state index is 0.281. The highest BCUT2D eigenvalue weighted by Crippen LogP contribution is 2.47. The van der Waals surface area contributed by atoms with Crippen molar-refractivity contribution in [1.82, 2.24) is 5.32 Å². The average molecular weight is 414 g/mol. The van der Waals surface area contributed by atoms with Gasteiger partial charge in [0.25, 0.3) is 0 Å². The van der Waals surface area contributed by atoms with Crippen LogP contribution in [0.5, 0.6) is 11.5 Å². The van der Waals surface area contributed by atoms with E-state index in [4.69, 9.17) is 4.74 Å². The van der Waals surface area contributed by atoms with Crippen LogP contribution < -0.4 is 10.1 Å². The third kappa shape index (κ3) is 4.47. The topological polar surface area (TPSA) is 41.5 Å². The van der Waals surface area contributed by atoms with Gasteiger partial charge in [0.2, 0.25) is 0 Å². The molecule has 1 aliphatic carbocycles. The van der Waals surface area contributed by atoms with Gasteiger partial charge in [-0.15, -0.1) is 0 Å². The number of ether oxygens (including phenoxy) is 1. The molecule has 1 saturated heterocycles. The maximum absolute atomic E-state index is 10.0. The van der Waals surface area contributed by atoms with Gasteiger partial charge in [0.05, 0.1) is 6.61 Å². The van der Waals surface area contributed by atoms with Crippen molar-refractivity contribution in [1.29, 1.82) is 0 Å². The Morgan fingerprint density at radius 2 is 1.74 bits per heavy atom. The molecule has 0 aromatic heterocycles. The van der Waals surface area contributed by atoms with Gasteiger partial charge in [0, 0.05) is 12.0 Å². The molecule has 3 heteroatoms. The third-order valence-corrected chi connectivity index (χ3v) is 6.95. The second-order valence-electron chi connectivity index (χ2n) is 8.92. The smallest absolute Gasteiger partial charge is 0.119 e. The first-order valence-corrected chi connectivity index (χ1v) is 11.6. The van der Waals surface area contributed by atoms with Crippen molar-refractivity contribution in [3.63, 3.8) is 0 Å². The Balaban J connectivity index is 1.38. The summed E-state index contributed by atoms with van der Waals surface area (Å²) < 4.78 is 6.03. The maximum Gasteiger partial charge on any atom is 0.119 e. The van der Waals surface area contributed by atoms with Crippen LogP contribution in [0, 0.1) is 0 Å². The molecule has 0 bridgehead atoms. The number of phenols is 1. The number of nitrogens with one attached hydrogen (secondary N) is 1. The van der Waals surface area contributed by atoms with Crippen molar-refractivity contribution in [2.24, 2.45) is 0 Å². The van der Waals surface area contributed by atoms with E-state index in [0.717, 1.165) is 38.2 Å². The van der Waals surface area contributed by atoms with E-state index in [2.05, 4.69) is 66.0 Å². The number of hydrogen-bond acceptors (Lipinski definition) is 3. The number of rotatable bonds is 6. The van der Waals surface area contributed by atoms with Crippen LogP contribution in [0.2, 0.25) is 0 Å². The van der Waals surface area contributed by atoms with Crippen molar-refractivity contribution < 1.29 is 9.84 Å². The van der Waals surface area contributed by atoms with Gasteiger partial charge in [-0.05, 0) is 91.1 Å². The van der Waals surface area contributed by atoms with Crippen LogP contribution in [-0.2, 0) is 6.42 Å². The van der Waals surface area contributed by atoms with Gasteiger partial charge in [0.15, 0.2) is 0 Å². The van der Waals surface area contributed by atoms with E-state index in [1.807, 2.05) is 12.1 Å². The molecule has 3 atom stereocenters. The molecule has 3 aromatic carbocycles. The first-order chi connectivity index (χ1) is 15.3. The SMILES string of the molecule is Oc1ccc2c(c1)CCC(c1ccccc1)C2c1ccc(OCCC2CCCN2)cc1. The van der Waals surface area contributed by atoms with Gasteiger partial charge in [-0.1, -0.05) is 48.5 Å². The van der Waals surface area contributed by atoms with E-state index in [1.54, 1.807) is 0 Å². The van der Waals surface area contributed by atoms with Crippen LogP contribution in [0.3, 0.4) is 0 Å². The lowest BCUT2D eigenvalue weighted by atomic mass is 9.69. The standard InChI is InChI=1S/C28H31NO2/c30-24-11-15-27-22(19-24)10-14-26(20-5-2-1-3-6-20)28(27)21-8-12-25(13-9-21)31-18-16-23-7-4-17-29-23/h1-3,5-6,8-9,11-13,15,19,23,26,28-30H,4,7,10,14,16-18H2. The van der Waals surface area contributed by atoms with Gasteiger partial charge >= 0.3 is 0 Å². The number of phenolic OH excluding ortho intramolecular Hbond substituents is 1. The van der Waals surface area contributed by atoms with E-state index in [0.29, 0.717) is 17.7 Å². The molecule has 3 aromatic rings. The molecule has 1 heterocycles. The van der Waals surface area contributed by atoms with Crippen LogP contribution in [0.25, 0.3) is 0 Å². The van der Waals surface area contributed by atoms with Crippen LogP contribution in [0.15, 0.2) is 72.8 Å². The summed E-state index contributed by atoms with van der Waals surface area (Å²) in [6.07, 6.45) is 5.69. The monoisotopic (exact) mass is 413 g/mol. The lowest BCUT2D eigenvalue weighted by Crippen LogP contribution is -2.23. The number of aromatic hydroxyl groups is 1. The quantitative estimate of drug-likeness (QED) is 0.539. The van der Waals surface area contributed by atoms with E-state index in [9.17, 15) is 5.11 Å². The Morgan fingerprint density at radius 3 is 2.52 bits per heavy atom. The molecule has 0 saturated carbocycles. The summed E-state index contributed by atoms with van der Waals surface area (Å²) in [5.74, 6) is 2.01. The van der Waals surface area contributed by atoms with Gasteiger partial charge in [-0.3, -0.25) is 0 Å². The Labute approximate surface area is 185 Å². The van der Waals surface area contributed by atoms with Gasteiger partial charge in [-0.2, -0.15) is 0 Å². The van der Waals surface area contributed by atoms with Gasteiger partial charge < -0.3 is 15.2 Å². The van der Waals surface area contributed by atoms with Crippen molar-refractivity contribution in [3.05, 3.63) is 95.1 Å². The van der Waals surface area contributed by atoms with Crippen LogP contribution in [0.4, 0.5) is 0 Å². The highest BCUT2D eigenvalue weighted by molar-refractivity contribution is 5.48. The summed E-state index contributed by atoms with van der Waals surface area (Å²) in [6.45, 7) is 1.90. The van der Waals surface area contributed by atoms with Crippen molar-refractivity contribution in [2.75, 3.05) is 13.2 Å². The molecular weight excluding hydrogens is 382 g/mol. The molecule has 2 aliphatic rings. The molecule has 0 radical (unpaired) electrons. The second-order valence-corrected chi connectivity index (χ2v) is 8.92. The van der Waals surface area contributed by atoms with E-state index in [1.165, 1.54) is 35.1 Å². The predicted octanol–water partition coefficient (Wildman–Crippen LogP) is 5.78. The Kier molecular flexibility index (Phi) is 5.95. The molecule has 5 rings (SSSR count). The molecule has 0 amide bonds. The maximum atomic E-state index is 10.0. The average Bonchev–Trinajstić information content (AvgIpc) is 3.33. The zero-order valence-corrected chi connectivity index (χ0v) is 18.0. The van der Waals surface area contributed by atoms with Crippen molar-refractivity contribution in [2.45, 2.75) is 50.0 Å². The fourth-order valence-electron chi connectivity index (χ4n) is 5.37. The van der Waals surface area contributed by atoms with Crippen LogP contribution in [0.1, 0.15) is 59.8 Å². The largest absolute Gasteiger partial charge is 0.508 e. The summed E-state index contributed by atoms with van der Waals surface area (Å²) >= 11 is 0. The number of fused-ring (bicyclic) bond motifs is 1. The van der Waals surface area contributed by atoms with E-state index in [-0.39, 0.29) is 5.92 Å². The Bertz CT molecular complexity index is 993. The molecule has 160 valence electrons. The highest BCUT2D eigenvalue weighted by atomic mass is 16.5. The van der Waals surface area contributed by atoms with Gasteiger partial charge in [-0.25, -0.2) is 0 Å². The lowest BCUT2D eigenvalue weighted by Gasteiger charge is -2.34. The molecule has 31 heavy (non-hydrogen) atoms. The molecular formula is C28H31NO2. The van der Waals surface area contributed by atoms with E-state index < -0.39 is 0 Å². The second kappa shape index (κ2) is 9.15. The minimum Gasteiger partial charge on any atom is -0.508 e. The Morgan fingerprint density at radius 1 is 0.903 bits per heavy atom. The molecule has 3 nitrogen and oxygen atoms in total. The fraction of sp³-hybridized carbons (Fsp3) is 0.357. The highest BCUT2D eigenvalue weighted by Gasteiger charge is 2.32. The van der Waals surface area contributed by atoms with Crippen LogP contribution in [-0.4, -0.2) is 24.3 Å². The number of hydrogen-bond donors (Lipinski definition) is 2.